The fraction of sp³-hybridized carbons (Fsp3) is 0.846. The molecule has 2 unspecified atom stereocenters. The van der Waals surface area contributed by atoms with Crippen LogP contribution in [0.3, 0.4) is 0 Å². The molecule has 97 heavy (non-hydrogen) atoms. The maximum atomic E-state index is 13.1. The molecule has 0 aliphatic rings. The van der Waals surface area contributed by atoms with Crippen LogP contribution in [-0.2, 0) is 65.4 Å². The van der Waals surface area contributed by atoms with Gasteiger partial charge in [-0.2, -0.15) is 0 Å². The van der Waals surface area contributed by atoms with Crippen LogP contribution >= 0.6 is 15.6 Å². The summed E-state index contributed by atoms with van der Waals surface area (Å²) in [5, 5.41) is 10.6. The summed E-state index contributed by atoms with van der Waals surface area (Å²) in [7, 11) is -9.94. The maximum absolute atomic E-state index is 13.1. The molecule has 0 amide bonds. The van der Waals surface area contributed by atoms with E-state index in [9.17, 15) is 43.2 Å². The predicted molar refractivity (Wildman–Crippen MR) is 395 cm³/mol. The second-order valence-electron chi connectivity index (χ2n) is 27.7. The zero-order chi connectivity index (χ0) is 71.4. The van der Waals surface area contributed by atoms with Crippen molar-refractivity contribution in [3.63, 3.8) is 0 Å². The van der Waals surface area contributed by atoms with Crippen LogP contribution in [-0.4, -0.2) is 96.7 Å². The summed E-state index contributed by atoms with van der Waals surface area (Å²) in [6.07, 6.45) is 62.6. The highest BCUT2D eigenvalue weighted by molar-refractivity contribution is 7.47. The summed E-state index contributed by atoms with van der Waals surface area (Å²) in [5.41, 5.74) is 0. The van der Waals surface area contributed by atoms with E-state index in [0.29, 0.717) is 25.7 Å². The highest BCUT2D eigenvalue weighted by Crippen LogP contribution is 2.45. The van der Waals surface area contributed by atoms with Crippen LogP contribution in [0.5, 0.6) is 0 Å². The van der Waals surface area contributed by atoms with Gasteiger partial charge in [-0.05, 0) is 88.9 Å². The summed E-state index contributed by atoms with van der Waals surface area (Å²) in [6, 6.07) is 0. The first-order chi connectivity index (χ1) is 46.9. The number of allylic oxidation sites excluding steroid dienone is 8. The monoisotopic (exact) mass is 1410 g/mol. The molecular weight excluding hydrogens is 1270 g/mol. The average Bonchev–Trinajstić information content (AvgIpc) is 1.59. The van der Waals surface area contributed by atoms with Gasteiger partial charge < -0.3 is 33.8 Å². The van der Waals surface area contributed by atoms with Gasteiger partial charge in [-0.1, -0.05) is 302 Å². The summed E-state index contributed by atoms with van der Waals surface area (Å²) in [4.78, 5) is 72.9. The number of ether oxygens (including phenoxy) is 4. The minimum Gasteiger partial charge on any atom is -0.462 e. The topological polar surface area (TPSA) is 237 Å². The smallest absolute Gasteiger partial charge is 0.462 e. The Morgan fingerprint density at radius 3 is 0.835 bits per heavy atom. The molecule has 5 atom stereocenters. The first kappa shape index (κ1) is 94.0. The van der Waals surface area contributed by atoms with Crippen LogP contribution in [0.2, 0.25) is 0 Å². The lowest BCUT2D eigenvalue weighted by Gasteiger charge is -2.21. The highest BCUT2D eigenvalue weighted by atomic mass is 31.2. The summed E-state index contributed by atoms with van der Waals surface area (Å²) in [5.74, 6) is -0.670. The van der Waals surface area contributed by atoms with Gasteiger partial charge in [0.2, 0.25) is 0 Å². The summed E-state index contributed by atoms with van der Waals surface area (Å²) < 4.78 is 68.5. The SMILES string of the molecule is CCCCCC/C=C\C=C/CCCCCCCC(=O)OC[C@H](COP(=O)(O)OC[C@@H](O)COP(=O)(O)OC[C@@H](COC(=O)CCCCCCCCCCC(C)C)OC(=O)CCCCCCC/C=C\C=C/CCCCCC)OC(=O)CCCCCCCCCCCCCCCC(C)C. The maximum Gasteiger partial charge on any atom is 0.472 e. The van der Waals surface area contributed by atoms with Crippen molar-refractivity contribution in [2.24, 2.45) is 11.8 Å². The molecule has 0 aromatic rings. The van der Waals surface area contributed by atoms with Crippen LogP contribution in [0.4, 0.5) is 0 Å². The molecule has 0 rings (SSSR count). The molecule has 0 radical (unpaired) electrons. The molecule has 3 N–H and O–H groups in total. The standard InChI is InChI=1S/C78H144O17P2/c1-7-9-11-13-15-17-19-21-23-27-31-35-42-48-54-60-75(80)88-66-73(94-78(83)63-57-51-45-37-33-29-25-26-30-34-40-46-52-58-70(3)4)68-92-96(84,85)90-64-72(79)65-91-97(86,87)93-69-74(67-89-76(81)61-55-49-43-39-38-41-47-53-59-71(5)6)95-77(82)62-56-50-44-36-32-28-24-22-20-18-16-14-12-10-8-2/h17-24,70-74,79H,7-16,25-69H2,1-6H3,(H,84,85)(H,86,87)/b19-17-,20-18-,23-21-,24-22-/t72-,73-,74-/m1/s1. The van der Waals surface area contributed by atoms with Gasteiger partial charge >= 0.3 is 39.5 Å². The third-order valence-corrected chi connectivity index (χ3v) is 18.9. The van der Waals surface area contributed by atoms with E-state index < -0.39 is 97.5 Å². The van der Waals surface area contributed by atoms with Gasteiger partial charge in [-0.25, -0.2) is 9.13 Å². The lowest BCUT2D eigenvalue weighted by atomic mass is 10.0. The van der Waals surface area contributed by atoms with Gasteiger partial charge in [0.1, 0.15) is 19.3 Å². The lowest BCUT2D eigenvalue weighted by molar-refractivity contribution is -0.161. The van der Waals surface area contributed by atoms with Crippen molar-refractivity contribution in [1.82, 2.24) is 0 Å². The Balaban J connectivity index is 5.33. The van der Waals surface area contributed by atoms with Crippen LogP contribution in [0, 0.1) is 11.8 Å². The number of carbonyl (C=O) groups is 4. The largest absolute Gasteiger partial charge is 0.472 e. The van der Waals surface area contributed by atoms with Crippen molar-refractivity contribution in [2.45, 2.75) is 374 Å². The number of aliphatic hydroxyl groups is 1. The molecule has 0 saturated carbocycles. The van der Waals surface area contributed by atoms with Crippen molar-refractivity contribution in [1.29, 1.82) is 0 Å². The van der Waals surface area contributed by atoms with E-state index in [2.05, 4.69) is 90.2 Å². The number of aliphatic hydroxyl groups excluding tert-OH is 1. The Hall–Kier alpha value is -2.98. The number of phosphoric ester groups is 2. The van der Waals surface area contributed by atoms with Crippen molar-refractivity contribution < 1.29 is 80.2 Å². The molecule has 0 aromatic heterocycles. The van der Waals surface area contributed by atoms with Crippen LogP contribution in [0.1, 0.15) is 356 Å². The number of unbranched alkanes of at least 4 members (excludes halogenated alkanes) is 37. The van der Waals surface area contributed by atoms with Crippen molar-refractivity contribution >= 4 is 39.5 Å². The van der Waals surface area contributed by atoms with Crippen LogP contribution in [0.25, 0.3) is 0 Å². The Morgan fingerprint density at radius 2 is 0.557 bits per heavy atom. The average molecular weight is 1420 g/mol. The summed E-state index contributed by atoms with van der Waals surface area (Å²) in [6.45, 7) is 9.45. The van der Waals surface area contributed by atoms with Gasteiger partial charge in [0, 0.05) is 25.7 Å². The number of hydrogen-bond donors (Lipinski definition) is 3. The third kappa shape index (κ3) is 71.2. The van der Waals surface area contributed by atoms with Crippen LogP contribution < -0.4 is 0 Å². The first-order valence-electron chi connectivity index (χ1n) is 39.1. The molecule has 17 nitrogen and oxygen atoms in total. The van der Waals surface area contributed by atoms with Gasteiger partial charge in [0.25, 0.3) is 0 Å². The number of hydrogen-bond acceptors (Lipinski definition) is 15. The summed E-state index contributed by atoms with van der Waals surface area (Å²) >= 11 is 0. The molecule has 0 aromatic carbocycles. The van der Waals surface area contributed by atoms with Gasteiger partial charge in [0.05, 0.1) is 26.4 Å². The van der Waals surface area contributed by atoms with Crippen molar-refractivity contribution in [3.05, 3.63) is 48.6 Å². The Bertz CT molecular complexity index is 2060. The highest BCUT2D eigenvalue weighted by Gasteiger charge is 2.30. The second-order valence-corrected chi connectivity index (χ2v) is 30.6. The van der Waals surface area contributed by atoms with E-state index in [1.54, 1.807) is 0 Å². The molecule has 19 heteroatoms. The molecule has 0 aliphatic heterocycles. The molecule has 0 heterocycles. The fourth-order valence-electron chi connectivity index (χ4n) is 10.9. The Kier molecular flexibility index (Phi) is 66.7. The minimum atomic E-state index is -4.97. The predicted octanol–water partition coefficient (Wildman–Crippen LogP) is 22.2. The van der Waals surface area contributed by atoms with Gasteiger partial charge in [0.15, 0.2) is 12.2 Å². The van der Waals surface area contributed by atoms with E-state index in [1.807, 2.05) is 0 Å². The molecule has 0 spiro atoms. The molecular formula is C78H144O17P2. The number of rotatable bonds is 73. The quantitative estimate of drug-likeness (QED) is 0.0169. The van der Waals surface area contributed by atoms with Crippen molar-refractivity contribution in [3.8, 4) is 0 Å². The third-order valence-electron chi connectivity index (χ3n) is 17.0. The van der Waals surface area contributed by atoms with E-state index in [1.165, 1.54) is 135 Å². The second kappa shape index (κ2) is 68.8. The van der Waals surface area contributed by atoms with Crippen LogP contribution in [0.15, 0.2) is 48.6 Å². The normalized spacial score (nSPS) is 14.3. The fourth-order valence-corrected chi connectivity index (χ4v) is 12.5. The molecule has 0 aliphatic carbocycles. The van der Waals surface area contributed by atoms with E-state index >= 15 is 0 Å². The molecule has 0 fully saturated rings. The minimum absolute atomic E-state index is 0.0821. The lowest BCUT2D eigenvalue weighted by Crippen LogP contribution is -2.30. The van der Waals surface area contributed by atoms with Gasteiger partial charge in [-0.3, -0.25) is 37.3 Å². The van der Waals surface area contributed by atoms with Crippen molar-refractivity contribution in [2.75, 3.05) is 39.6 Å². The number of carbonyl (C=O) groups excluding carboxylic acids is 4. The Labute approximate surface area is 591 Å². The van der Waals surface area contributed by atoms with E-state index in [-0.39, 0.29) is 25.7 Å². The number of phosphoric acid groups is 2. The van der Waals surface area contributed by atoms with Gasteiger partial charge in [-0.15, -0.1) is 0 Å². The zero-order valence-electron chi connectivity index (χ0n) is 62.3. The van der Waals surface area contributed by atoms with E-state index in [4.69, 9.17) is 37.0 Å². The molecule has 568 valence electrons. The molecule has 0 saturated heterocycles. The number of esters is 4. The van der Waals surface area contributed by atoms with E-state index in [0.717, 1.165) is 140 Å². The molecule has 0 bridgehead atoms. The Morgan fingerprint density at radius 1 is 0.320 bits per heavy atom. The zero-order valence-corrected chi connectivity index (χ0v) is 64.1. The first-order valence-corrected chi connectivity index (χ1v) is 42.1.